The van der Waals surface area contributed by atoms with Crippen LogP contribution in [-0.4, -0.2) is 43.1 Å². The average molecular weight is 410 g/mol. The molecule has 0 bridgehead atoms. The van der Waals surface area contributed by atoms with E-state index in [1.165, 1.54) is 38.8 Å². The molecule has 1 saturated heterocycles. The van der Waals surface area contributed by atoms with Gasteiger partial charge in [0.15, 0.2) is 5.96 Å². The van der Waals surface area contributed by atoms with Gasteiger partial charge in [0.1, 0.15) is 0 Å². The fourth-order valence-corrected chi connectivity index (χ4v) is 2.78. The summed E-state index contributed by atoms with van der Waals surface area (Å²) in [6.07, 6.45) is 4.97. The molecule has 0 radical (unpaired) electrons. The van der Waals surface area contributed by atoms with E-state index >= 15 is 0 Å². The molecule has 3 N–H and O–H groups in total. The van der Waals surface area contributed by atoms with Gasteiger partial charge in [-0.05, 0) is 44.7 Å². The summed E-state index contributed by atoms with van der Waals surface area (Å²) in [4.78, 5) is 7.00. The molecule has 0 aromatic carbocycles. The highest BCUT2D eigenvalue weighted by molar-refractivity contribution is 14.0. The smallest absolute Gasteiger partial charge is 0.188 e. The van der Waals surface area contributed by atoms with Gasteiger partial charge in [-0.25, -0.2) is 0 Å². The first-order valence-electron chi connectivity index (χ1n) is 8.30. The van der Waals surface area contributed by atoms with Crippen LogP contribution in [0.5, 0.6) is 0 Å². The number of rotatable bonds is 8. The van der Waals surface area contributed by atoms with Gasteiger partial charge in [0.2, 0.25) is 0 Å². The highest BCUT2D eigenvalue weighted by Crippen LogP contribution is 2.15. The molecule has 0 saturated carbocycles. The Labute approximate surface area is 148 Å². The van der Waals surface area contributed by atoms with E-state index in [9.17, 15) is 0 Å². The minimum Gasteiger partial charge on any atom is -0.370 e. The molecule has 2 atom stereocenters. The Bertz CT molecular complexity index is 294. The second kappa shape index (κ2) is 11.5. The van der Waals surface area contributed by atoms with Gasteiger partial charge in [0, 0.05) is 19.1 Å². The van der Waals surface area contributed by atoms with E-state index in [2.05, 4.69) is 42.9 Å². The second-order valence-electron chi connectivity index (χ2n) is 6.64. The lowest BCUT2D eigenvalue weighted by molar-refractivity contribution is 0.343. The molecule has 21 heavy (non-hydrogen) atoms. The van der Waals surface area contributed by atoms with Crippen molar-refractivity contribution in [1.29, 1.82) is 0 Å². The molecular weight excluding hydrogens is 375 g/mol. The quantitative estimate of drug-likeness (QED) is 0.367. The van der Waals surface area contributed by atoms with Crippen molar-refractivity contribution in [3.05, 3.63) is 0 Å². The SMILES string of the molecule is CCN1CCC(CN=C(N)NC(C)CCCC(C)C)C1.I. The van der Waals surface area contributed by atoms with Crippen molar-refractivity contribution in [1.82, 2.24) is 10.2 Å². The molecule has 4 nitrogen and oxygen atoms in total. The van der Waals surface area contributed by atoms with Crippen LogP contribution < -0.4 is 11.1 Å². The summed E-state index contributed by atoms with van der Waals surface area (Å²) < 4.78 is 0. The van der Waals surface area contributed by atoms with E-state index in [-0.39, 0.29) is 24.0 Å². The third kappa shape index (κ3) is 9.55. The molecule has 0 amide bonds. The maximum Gasteiger partial charge on any atom is 0.188 e. The summed E-state index contributed by atoms with van der Waals surface area (Å²) >= 11 is 0. The zero-order valence-electron chi connectivity index (χ0n) is 14.3. The normalized spacial score (nSPS) is 21.4. The van der Waals surface area contributed by atoms with Crippen molar-refractivity contribution in [2.45, 2.75) is 59.4 Å². The van der Waals surface area contributed by atoms with Crippen LogP contribution in [0.15, 0.2) is 4.99 Å². The first-order chi connectivity index (χ1) is 9.51. The predicted octanol–water partition coefficient (Wildman–Crippen LogP) is 3.07. The van der Waals surface area contributed by atoms with E-state index in [0.717, 1.165) is 19.0 Å². The van der Waals surface area contributed by atoms with Gasteiger partial charge >= 0.3 is 0 Å². The second-order valence-corrected chi connectivity index (χ2v) is 6.64. The van der Waals surface area contributed by atoms with Crippen molar-refractivity contribution < 1.29 is 0 Å². The highest BCUT2D eigenvalue weighted by Gasteiger charge is 2.20. The molecular formula is C16H35IN4. The third-order valence-electron chi connectivity index (χ3n) is 4.15. The van der Waals surface area contributed by atoms with Crippen molar-refractivity contribution >= 4 is 29.9 Å². The Morgan fingerprint density at radius 2 is 2.05 bits per heavy atom. The molecule has 1 aliphatic rings. The van der Waals surface area contributed by atoms with Crippen molar-refractivity contribution in [2.75, 3.05) is 26.2 Å². The summed E-state index contributed by atoms with van der Waals surface area (Å²) in [5.41, 5.74) is 5.98. The lowest BCUT2D eigenvalue weighted by Crippen LogP contribution is -2.38. The minimum atomic E-state index is 0. The van der Waals surface area contributed by atoms with Gasteiger partial charge in [-0.15, -0.1) is 24.0 Å². The number of halogens is 1. The predicted molar refractivity (Wildman–Crippen MR) is 103 cm³/mol. The maximum atomic E-state index is 5.98. The number of aliphatic imine (C=N–C) groups is 1. The van der Waals surface area contributed by atoms with E-state index in [4.69, 9.17) is 5.73 Å². The molecule has 2 unspecified atom stereocenters. The Morgan fingerprint density at radius 3 is 2.62 bits per heavy atom. The number of likely N-dealkylation sites (tertiary alicyclic amines) is 1. The monoisotopic (exact) mass is 410 g/mol. The van der Waals surface area contributed by atoms with E-state index in [1.54, 1.807) is 0 Å². The number of nitrogens with two attached hydrogens (primary N) is 1. The number of nitrogens with one attached hydrogen (secondary N) is 1. The van der Waals surface area contributed by atoms with E-state index < -0.39 is 0 Å². The fourth-order valence-electron chi connectivity index (χ4n) is 2.78. The van der Waals surface area contributed by atoms with Crippen LogP contribution in [0.4, 0.5) is 0 Å². The van der Waals surface area contributed by atoms with Gasteiger partial charge in [0.25, 0.3) is 0 Å². The summed E-state index contributed by atoms with van der Waals surface area (Å²) in [6, 6.07) is 0.424. The zero-order chi connectivity index (χ0) is 15.0. The molecule has 0 spiro atoms. The Hall–Kier alpha value is -0.0400. The molecule has 0 aliphatic carbocycles. The number of nitrogens with zero attached hydrogens (tertiary/aromatic N) is 2. The van der Waals surface area contributed by atoms with Crippen LogP contribution >= 0.6 is 24.0 Å². The van der Waals surface area contributed by atoms with Crippen LogP contribution in [0.25, 0.3) is 0 Å². The Morgan fingerprint density at radius 1 is 1.33 bits per heavy atom. The molecule has 1 rings (SSSR count). The molecule has 126 valence electrons. The summed E-state index contributed by atoms with van der Waals surface area (Å²) in [5.74, 6) is 2.10. The van der Waals surface area contributed by atoms with Crippen LogP contribution in [0.2, 0.25) is 0 Å². The van der Waals surface area contributed by atoms with Crippen LogP contribution in [0.1, 0.15) is 53.4 Å². The lowest BCUT2D eigenvalue weighted by atomic mass is 10.0. The number of guanidine groups is 1. The number of hydrogen-bond acceptors (Lipinski definition) is 2. The van der Waals surface area contributed by atoms with Gasteiger partial charge in [-0.2, -0.15) is 0 Å². The molecule has 1 aliphatic heterocycles. The molecule has 0 aromatic heterocycles. The lowest BCUT2D eigenvalue weighted by Gasteiger charge is -2.16. The molecule has 0 aromatic rings. The summed E-state index contributed by atoms with van der Waals surface area (Å²) in [5, 5.41) is 3.32. The van der Waals surface area contributed by atoms with Crippen molar-refractivity contribution in [2.24, 2.45) is 22.6 Å². The topological polar surface area (TPSA) is 53.6 Å². The fraction of sp³-hybridized carbons (Fsp3) is 0.938. The van der Waals surface area contributed by atoms with Crippen LogP contribution in [0.3, 0.4) is 0 Å². The highest BCUT2D eigenvalue weighted by atomic mass is 127. The van der Waals surface area contributed by atoms with Crippen LogP contribution in [0, 0.1) is 11.8 Å². The largest absolute Gasteiger partial charge is 0.370 e. The standard InChI is InChI=1S/C16H34N4.HI/c1-5-20-10-9-15(12-20)11-18-16(17)19-14(4)8-6-7-13(2)3;/h13-15H,5-12H2,1-4H3,(H3,17,18,19);1H. The van der Waals surface area contributed by atoms with Crippen LogP contribution in [-0.2, 0) is 0 Å². The van der Waals surface area contributed by atoms with Crippen molar-refractivity contribution in [3.8, 4) is 0 Å². The summed E-state index contributed by atoms with van der Waals surface area (Å²) in [7, 11) is 0. The first-order valence-corrected chi connectivity index (χ1v) is 8.30. The molecule has 1 fully saturated rings. The van der Waals surface area contributed by atoms with Gasteiger partial charge in [-0.1, -0.05) is 33.6 Å². The van der Waals surface area contributed by atoms with Gasteiger partial charge in [-0.3, -0.25) is 4.99 Å². The number of hydrogen-bond donors (Lipinski definition) is 2. The van der Waals surface area contributed by atoms with E-state index in [1.807, 2.05) is 0 Å². The minimum absolute atomic E-state index is 0. The third-order valence-corrected chi connectivity index (χ3v) is 4.15. The average Bonchev–Trinajstić information content (AvgIpc) is 2.83. The van der Waals surface area contributed by atoms with Gasteiger partial charge < -0.3 is 16.0 Å². The van der Waals surface area contributed by atoms with Gasteiger partial charge in [0.05, 0.1) is 0 Å². The summed E-state index contributed by atoms with van der Waals surface area (Å²) in [6.45, 7) is 13.4. The molecule has 5 heteroatoms. The van der Waals surface area contributed by atoms with E-state index in [0.29, 0.717) is 17.9 Å². The van der Waals surface area contributed by atoms with Crippen molar-refractivity contribution in [3.63, 3.8) is 0 Å². The zero-order valence-corrected chi connectivity index (χ0v) is 16.6. The maximum absolute atomic E-state index is 5.98. The molecule has 1 heterocycles. The first kappa shape index (κ1) is 21.0. The Balaban J connectivity index is 0.00000400. The Kier molecular flexibility index (Phi) is 11.5.